The molecule has 0 spiro atoms. The summed E-state index contributed by atoms with van der Waals surface area (Å²) in [5, 5.41) is 1.25. The molecule has 0 aromatic carbocycles. The van der Waals surface area contributed by atoms with E-state index in [1.165, 1.54) is 9.88 Å². The van der Waals surface area contributed by atoms with Crippen LogP contribution in [0.2, 0.25) is 0 Å². The molecule has 1 aromatic heterocycles. The Labute approximate surface area is 72.5 Å². The highest BCUT2D eigenvalue weighted by Gasteiger charge is 2.02. The van der Waals surface area contributed by atoms with Crippen LogP contribution in [0, 0.1) is 12.8 Å². The van der Waals surface area contributed by atoms with Crippen LogP contribution >= 0.6 is 11.3 Å². The summed E-state index contributed by atoms with van der Waals surface area (Å²) in [6.07, 6.45) is 3.91. The minimum absolute atomic E-state index is 0.707. The van der Waals surface area contributed by atoms with Gasteiger partial charge >= 0.3 is 0 Å². The molecule has 1 radical (unpaired) electrons. The van der Waals surface area contributed by atoms with Crippen LogP contribution in [0.1, 0.15) is 23.7 Å². The van der Waals surface area contributed by atoms with Crippen LogP contribution < -0.4 is 0 Å². The van der Waals surface area contributed by atoms with Crippen molar-refractivity contribution >= 4 is 11.3 Å². The van der Waals surface area contributed by atoms with Gasteiger partial charge in [-0.15, -0.1) is 11.3 Å². The molecule has 0 unspecified atom stereocenters. The summed E-state index contributed by atoms with van der Waals surface area (Å²) in [6, 6.07) is 0. The summed E-state index contributed by atoms with van der Waals surface area (Å²) >= 11 is 1.79. The number of rotatable bonds is 3. The number of thiazole rings is 1. The van der Waals surface area contributed by atoms with Crippen molar-refractivity contribution in [1.82, 2.24) is 4.98 Å². The van der Waals surface area contributed by atoms with Crippen molar-refractivity contribution < 1.29 is 0 Å². The van der Waals surface area contributed by atoms with E-state index in [2.05, 4.69) is 25.8 Å². The van der Waals surface area contributed by atoms with Crippen molar-refractivity contribution in [1.29, 1.82) is 0 Å². The minimum Gasteiger partial charge on any atom is -0.249 e. The Hall–Kier alpha value is -0.370. The monoisotopic (exact) mass is 168 g/mol. The molecule has 0 aliphatic rings. The largest absolute Gasteiger partial charge is 0.249 e. The number of hydrogen-bond donors (Lipinski definition) is 0. The number of hydrogen-bond acceptors (Lipinski definition) is 2. The second-order valence-electron chi connectivity index (χ2n) is 3.07. The van der Waals surface area contributed by atoms with Gasteiger partial charge in [-0.2, -0.15) is 0 Å². The van der Waals surface area contributed by atoms with E-state index < -0.39 is 0 Å². The van der Waals surface area contributed by atoms with E-state index in [1.807, 2.05) is 6.20 Å². The lowest BCUT2D eigenvalue weighted by Crippen LogP contribution is -1.91. The summed E-state index contributed by atoms with van der Waals surface area (Å²) in [4.78, 5) is 5.60. The summed E-state index contributed by atoms with van der Waals surface area (Å²) < 4.78 is 0. The molecule has 0 saturated carbocycles. The quantitative estimate of drug-likeness (QED) is 0.676. The van der Waals surface area contributed by atoms with E-state index in [1.54, 1.807) is 11.3 Å². The highest BCUT2D eigenvalue weighted by Crippen LogP contribution is 2.16. The van der Waals surface area contributed by atoms with Crippen molar-refractivity contribution in [3.8, 4) is 0 Å². The zero-order valence-electron chi connectivity index (χ0n) is 7.13. The van der Waals surface area contributed by atoms with Crippen molar-refractivity contribution in [3.05, 3.63) is 23.0 Å². The van der Waals surface area contributed by atoms with Crippen LogP contribution in [0.5, 0.6) is 0 Å². The maximum absolute atomic E-state index is 4.31. The topological polar surface area (TPSA) is 12.9 Å². The summed E-state index contributed by atoms with van der Waals surface area (Å²) in [6.45, 7) is 8.25. The molecule has 0 saturated heterocycles. The molecule has 61 valence electrons. The van der Waals surface area contributed by atoms with Gasteiger partial charge in [0.2, 0.25) is 0 Å². The van der Waals surface area contributed by atoms with Crippen molar-refractivity contribution in [2.75, 3.05) is 0 Å². The molecule has 0 amide bonds. The van der Waals surface area contributed by atoms with Gasteiger partial charge in [-0.3, -0.25) is 0 Å². The van der Waals surface area contributed by atoms with Gasteiger partial charge in [-0.05, 0) is 19.3 Å². The zero-order valence-corrected chi connectivity index (χ0v) is 7.95. The first-order valence-electron chi connectivity index (χ1n) is 3.95. The predicted octanol–water partition coefficient (Wildman–Crippen LogP) is 2.72. The fourth-order valence-electron chi connectivity index (χ4n) is 0.907. The minimum atomic E-state index is 0.707. The van der Waals surface area contributed by atoms with Crippen LogP contribution in [0.25, 0.3) is 0 Å². The highest BCUT2D eigenvalue weighted by molar-refractivity contribution is 7.11. The van der Waals surface area contributed by atoms with Crippen molar-refractivity contribution in [2.24, 2.45) is 5.92 Å². The highest BCUT2D eigenvalue weighted by atomic mass is 32.1. The lowest BCUT2D eigenvalue weighted by atomic mass is 10.1. The average Bonchev–Trinajstić information content (AvgIpc) is 2.34. The van der Waals surface area contributed by atoms with Gasteiger partial charge in [0.05, 0.1) is 5.01 Å². The van der Waals surface area contributed by atoms with E-state index in [-0.39, 0.29) is 0 Å². The smallest absolute Gasteiger partial charge is 0.0930 e. The normalized spacial score (nSPS) is 10.9. The second-order valence-corrected chi connectivity index (χ2v) is 4.27. The molecule has 1 nitrogen and oxygen atoms in total. The molecule has 2 heteroatoms. The van der Waals surface area contributed by atoms with Crippen LogP contribution in [0.15, 0.2) is 6.20 Å². The molecule has 0 atom stereocenters. The van der Waals surface area contributed by atoms with Crippen LogP contribution in [-0.4, -0.2) is 4.98 Å². The average molecular weight is 168 g/mol. The molecule has 0 N–H and O–H groups in total. The van der Waals surface area contributed by atoms with Gasteiger partial charge in [0, 0.05) is 17.5 Å². The van der Waals surface area contributed by atoms with Gasteiger partial charge in [0.1, 0.15) is 0 Å². The molecule has 1 rings (SSSR count). The third kappa shape index (κ3) is 2.62. The van der Waals surface area contributed by atoms with Gasteiger partial charge in [0.15, 0.2) is 0 Å². The molecule has 0 bridgehead atoms. The summed E-state index contributed by atoms with van der Waals surface area (Å²) in [5.41, 5.74) is 0. The van der Waals surface area contributed by atoms with E-state index >= 15 is 0 Å². The van der Waals surface area contributed by atoms with E-state index in [0.29, 0.717) is 5.92 Å². The van der Waals surface area contributed by atoms with Gasteiger partial charge < -0.3 is 0 Å². The molecule has 1 heterocycles. The molecular formula is C9H14NS. The lowest BCUT2D eigenvalue weighted by molar-refractivity contribution is 0.644. The van der Waals surface area contributed by atoms with Gasteiger partial charge in [0.25, 0.3) is 0 Å². The Morgan fingerprint density at radius 2 is 2.36 bits per heavy atom. The maximum atomic E-state index is 4.31. The Kier molecular flexibility index (Phi) is 3.06. The summed E-state index contributed by atoms with van der Waals surface area (Å²) in [5.74, 6) is 0.707. The molecular weight excluding hydrogens is 154 g/mol. The Balaban J connectivity index is 2.58. The fraction of sp³-hybridized carbons (Fsp3) is 0.556. The molecule has 0 aliphatic heterocycles. The SMILES string of the molecule is [CH2]Cc1cnc(CC(C)C)s1. The van der Waals surface area contributed by atoms with Crippen LogP contribution in [0.3, 0.4) is 0 Å². The Morgan fingerprint density at radius 3 is 2.82 bits per heavy atom. The van der Waals surface area contributed by atoms with Crippen LogP contribution in [0.4, 0.5) is 0 Å². The first-order chi connectivity index (χ1) is 5.22. The van der Waals surface area contributed by atoms with E-state index in [4.69, 9.17) is 0 Å². The van der Waals surface area contributed by atoms with E-state index in [0.717, 1.165) is 12.8 Å². The molecule has 0 fully saturated rings. The second kappa shape index (κ2) is 3.86. The fourth-order valence-corrected chi connectivity index (χ4v) is 1.94. The standard InChI is InChI=1S/C9H14NS/c1-4-8-6-10-9(11-8)5-7(2)3/h6-7H,1,4-5H2,2-3H3. The third-order valence-electron chi connectivity index (χ3n) is 1.43. The molecule has 0 aliphatic carbocycles. The number of nitrogens with zero attached hydrogens (tertiary/aromatic N) is 1. The predicted molar refractivity (Wildman–Crippen MR) is 49.7 cm³/mol. The molecule has 11 heavy (non-hydrogen) atoms. The zero-order chi connectivity index (χ0) is 8.27. The van der Waals surface area contributed by atoms with Crippen molar-refractivity contribution in [3.63, 3.8) is 0 Å². The first-order valence-corrected chi connectivity index (χ1v) is 4.77. The number of aromatic nitrogens is 1. The Morgan fingerprint density at radius 1 is 1.64 bits per heavy atom. The van der Waals surface area contributed by atoms with E-state index in [9.17, 15) is 0 Å². The maximum Gasteiger partial charge on any atom is 0.0930 e. The molecule has 1 aromatic rings. The Bertz CT molecular complexity index is 215. The third-order valence-corrected chi connectivity index (χ3v) is 2.51. The van der Waals surface area contributed by atoms with Crippen LogP contribution in [-0.2, 0) is 12.8 Å². The van der Waals surface area contributed by atoms with Crippen molar-refractivity contribution in [2.45, 2.75) is 26.7 Å². The first kappa shape index (κ1) is 8.72. The lowest BCUT2D eigenvalue weighted by Gasteiger charge is -1.97. The summed E-state index contributed by atoms with van der Waals surface area (Å²) in [7, 11) is 0. The van der Waals surface area contributed by atoms with Gasteiger partial charge in [-0.1, -0.05) is 13.8 Å². The van der Waals surface area contributed by atoms with Gasteiger partial charge in [-0.25, -0.2) is 4.98 Å².